The highest BCUT2D eigenvalue weighted by atomic mass is 16.5. The maximum absolute atomic E-state index is 11.4. The molecule has 6 nitrogen and oxygen atoms in total. The molecule has 16 heavy (non-hydrogen) atoms. The summed E-state index contributed by atoms with van der Waals surface area (Å²) in [7, 11) is 1.67. The fourth-order valence-corrected chi connectivity index (χ4v) is 1.22. The SMILES string of the molecule is COCCC[NH2+]CC(=O)Nc1cc(C)on1. The molecule has 0 fully saturated rings. The molecule has 1 aromatic rings. The summed E-state index contributed by atoms with van der Waals surface area (Å²) in [5.41, 5.74) is 0. The van der Waals surface area contributed by atoms with Gasteiger partial charge in [-0.2, -0.15) is 0 Å². The molecule has 0 aliphatic rings. The lowest BCUT2D eigenvalue weighted by molar-refractivity contribution is -0.644. The Morgan fingerprint density at radius 2 is 2.50 bits per heavy atom. The number of carbonyl (C=O) groups excluding carboxylic acids is 1. The topological polar surface area (TPSA) is 81.0 Å². The molecule has 0 spiro atoms. The first-order valence-corrected chi connectivity index (χ1v) is 5.26. The van der Waals surface area contributed by atoms with Gasteiger partial charge in [-0.15, -0.1) is 0 Å². The van der Waals surface area contributed by atoms with Crippen LogP contribution in [0.25, 0.3) is 0 Å². The molecule has 0 aliphatic carbocycles. The van der Waals surface area contributed by atoms with Gasteiger partial charge in [-0.05, 0) is 6.92 Å². The van der Waals surface area contributed by atoms with Crippen LogP contribution in [0.5, 0.6) is 0 Å². The number of methoxy groups -OCH3 is 1. The van der Waals surface area contributed by atoms with Gasteiger partial charge in [0.15, 0.2) is 12.4 Å². The summed E-state index contributed by atoms with van der Waals surface area (Å²) in [5, 5.41) is 8.25. The quantitative estimate of drug-likeness (QED) is 0.618. The van der Waals surface area contributed by atoms with Crippen LogP contribution in [0.3, 0.4) is 0 Å². The zero-order chi connectivity index (χ0) is 11.8. The van der Waals surface area contributed by atoms with Gasteiger partial charge in [-0.25, -0.2) is 0 Å². The molecule has 0 unspecified atom stereocenters. The summed E-state index contributed by atoms with van der Waals surface area (Å²) >= 11 is 0. The van der Waals surface area contributed by atoms with E-state index in [1.54, 1.807) is 20.1 Å². The maximum atomic E-state index is 11.4. The minimum atomic E-state index is -0.0780. The molecule has 1 heterocycles. The Morgan fingerprint density at radius 3 is 3.12 bits per heavy atom. The molecule has 0 aliphatic heterocycles. The highest BCUT2D eigenvalue weighted by molar-refractivity contribution is 5.90. The number of hydrogen-bond acceptors (Lipinski definition) is 4. The summed E-state index contributed by atoms with van der Waals surface area (Å²) in [6.07, 6.45) is 0.937. The average molecular weight is 228 g/mol. The lowest BCUT2D eigenvalue weighted by Crippen LogP contribution is -2.86. The molecule has 1 aromatic heterocycles. The number of aromatic nitrogens is 1. The maximum Gasteiger partial charge on any atom is 0.280 e. The van der Waals surface area contributed by atoms with Crippen molar-refractivity contribution in [3.8, 4) is 0 Å². The van der Waals surface area contributed by atoms with Crippen molar-refractivity contribution < 1.29 is 19.4 Å². The van der Waals surface area contributed by atoms with Crippen LogP contribution in [0, 0.1) is 6.92 Å². The third kappa shape index (κ3) is 4.90. The zero-order valence-electron chi connectivity index (χ0n) is 9.66. The van der Waals surface area contributed by atoms with Crippen LogP contribution in [0.4, 0.5) is 5.82 Å². The molecule has 0 aromatic carbocycles. The third-order valence-electron chi connectivity index (χ3n) is 1.98. The third-order valence-corrected chi connectivity index (χ3v) is 1.98. The van der Waals surface area contributed by atoms with E-state index in [-0.39, 0.29) is 5.91 Å². The molecular weight excluding hydrogens is 210 g/mol. The van der Waals surface area contributed by atoms with Gasteiger partial charge in [0.1, 0.15) is 5.76 Å². The van der Waals surface area contributed by atoms with Crippen molar-refractivity contribution in [3.05, 3.63) is 11.8 Å². The fourth-order valence-electron chi connectivity index (χ4n) is 1.22. The lowest BCUT2D eigenvalue weighted by Gasteiger charge is -2.01. The standard InChI is InChI=1S/C10H17N3O3/c1-8-6-9(13-16-8)12-10(14)7-11-4-3-5-15-2/h6,11H,3-5,7H2,1-2H3,(H,12,13,14)/p+1. The molecule has 0 atom stereocenters. The minimum absolute atomic E-state index is 0.0780. The van der Waals surface area contributed by atoms with Gasteiger partial charge < -0.3 is 19.9 Å². The van der Waals surface area contributed by atoms with Crippen LogP contribution < -0.4 is 10.6 Å². The highest BCUT2D eigenvalue weighted by Gasteiger charge is 2.07. The van der Waals surface area contributed by atoms with E-state index < -0.39 is 0 Å². The largest absolute Gasteiger partial charge is 0.384 e. The van der Waals surface area contributed by atoms with Crippen molar-refractivity contribution in [3.63, 3.8) is 0 Å². The highest BCUT2D eigenvalue weighted by Crippen LogP contribution is 2.05. The molecular formula is C10H18N3O3+. The van der Waals surface area contributed by atoms with E-state index in [2.05, 4.69) is 10.5 Å². The van der Waals surface area contributed by atoms with Crippen LogP contribution in [-0.4, -0.2) is 37.9 Å². The van der Waals surface area contributed by atoms with Gasteiger partial charge in [-0.3, -0.25) is 4.79 Å². The number of hydrogen-bond donors (Lipinski definition) is 2. The number of nitrogens with one attached hydrogen (secondary N) is 1. The van der Waals surface area contributed by atoms with Gasteiger partial charge in [0.2, 0.25) is 0 Å². The first-order chi connectivity index (χ1) is 7.72. The van der Waals surface area contributed by atoms with Crippen LogP contribution in [0.15, 0.2) is 10.6 Å². The number of anilines is 1. The smallest absolute Gasteiger partial charge is 0.280 e. The van der Waals surface area contributed by atoms with Crippen molar-refractivity contribution in [2.75, 3.05) is 32.1 Å². The van der Waals surface area contributed by atoms with E-state index in [1.165, 1.54) is 0 Å². The number of amides is 1. The Hall–Kier alpha value is -1.40. The summed E-state index contributed by atoms with van der Waals surface area (Å²) in [4.78, 5) is 11.4. The summed E-state index contributed by atoms with van der Waals surface area (Å²) in [6, 6.07) is 1.68. The van der Waals surface area contributed by atoms with E-state index in [0.717, 1.165) is 19.6 Å². The second kappa shape index (κ2) is 6.97. The lowest BCUT2D eigenvalue weighted by atomic mass is 10.4. The summed E-state index contributed by atoms with van der Waals surface area (Å²) < 4.78 is 9.74. The van der Waals surface area contributed by atoms with Crippen LogP contribution in [0.1, 0.15) is 12.2 Å². The fraction of sp³-hybridized carbons (Fsp3) is 0.600. The molecule has 0 saturated carbocycles. The van der Waals surface area contributed by atoms with Gasteiger partial charge in [0.05, 0.1) is 13.2 Å². The minimum Gasteiger partial charge on any atom is -0.384 e. The number of aryl methyl sites for hydroxylation is 1. The first-order valence-electron chi connectivity index (χ1n) is 5.26. The van der Waals surface area contributed by atoms with Crippen molar-refractivity contribution in [1.82, 2.24) is 5.16 Å². The Balaban J connectivity index is 2.11. The monoisotopic (exact) mass is 228 g/mol. The predicted molar refractivity (Wildman–Crippen MR) is 58.0 cm³/mol. The number of carbonyl (C=O) groups is 1. The Bertz CT molecular complexity index is 325. The second-order valence-electron chi connectivity index (χ2n) is 3.50. The van der Waals surface area contributed by atoms with Crippen molar-refractivity contribution in [2.24, 2.45) is 0 Å². The van der Waals surface area contributed by atoms with Crippen molar-refractivity contribution >= 4 is 11.7 Å². The Labute approximate surface area is 94.3 Å². The van der Waals surface area contributed by atoms with Gasteiger partial charge in [0, 0.05) is 19.6 Å². The number of quaternary nitrogens is 1. The molecule has 1 amide bonds. The van der Waals surface area contributed by atoms with E-state index in [9.17, 15) is 4.79 Å². The predicted octanol–water partition coefficient (Wildman–Crippen LogP) is -0.479. The van der Waals surface area contributed by atoms with Gasteiger partial charge in [-0.1, -0.05) is 5.16 Å². The normalized spacial score (nSPS) is 10.4. The number of nitrogens with zero attached hydrogens (tertiary/aromatic N) is 1. The van der Waals surface area contributed by atoms with Crippen LogP contribution >= 0.6 is 0 Å². The number of rotatable bonds is 7. The Morgan fingerprint density at radius 1 is 1.69 bits per heavy atom. The molecule has 3 N–H and O–H groups in total. The van der Waals surface area contributed by atoms with E-state index in [4.69, 9.17) is 9.26 Å². The molecule has 0 bridgehead atoms. The number of nitrogens with two attached hydrogens (primary N) is 1. The van der Waals surface area contributed by atoms with Crippen molar-refractivity contribution in [2.45, 2.75) is 13.3 Å². The molecule has 6 heteroatoms. The van der Waals surface area contributed by atoms with E-state index in [0.29, 0.717) is 18.1 Å². The average Bonchev–Trinajstić information content (AvgIpc) is 2.63. The molecule has 1 rings (SSSR count). The second-order valence-corrected chi connectivity index (χ2v) is 3.50. The van der Waals surface area contributed by atoms with Crippen LogP contribution in [-0.2, 0) is 9.53 Å². The van der Waals surface area contributed by atoms with Gasteiger partial charge in [0.25, 0.3) is 5.91 Å². The van der Waals surface area contributed by atoms with Crippen LogP contribution in [0.2, 0.25) is 0 Å². The molecule has 0 radical (unpaired) electrons. The number of ether oxygens (including phenoxy) is 1. The molecule has 0 saturated heterocycles. The summed E-state index contributed by atoms with van der Waals surface area (Å²) in [5.74, 6) is 1.07. The zero-order valence-corrected chi connectivity index (χ0v) is 9.66. The van der Waals surface area contributed by atoms with Crippen molar-refractivity contribution in [1.29, 1.82) is 0 Å². The molecule has 90 valence electrons. The van der Waals surface area contributed by atoms with E-state index in [1.807, 2.05) is 5.32 Å². The van der Waals surface area contributed by atoms with Gasteiger partial charge >= 0.3 is 0 Å². The first kappa shape index (κ1) is 12.7. The summed E-state index contributed by atoms with van der Waals surface area (Å²) in [6.45, 7) is 3.76. The van der Waals surface area contributed by atoms with E-state index >= 15 is 0 Å². The Kier molecular flexibility index (Phi) is 5.52.